The average molecular weight is 871 g/mol. The van der Waals surface area contributed by atoms with Crippen molar-refractivity contribution in [2.24, 2.45) is 23.7 Å². The molecule has 64 heavy (non-hydrogen) atoms. The molecular formula is C48H54N8O8. The number of fused-ring (bicyclic) bond motifs is 2. The molecule has 2 aliphatic carbocycles. The highest BCUT2D eigenvalue weighted by Crippen LogP contribution is 2.55. The standard InChI is InChI=1S/C48H54N8O8/c1-61-47(59)53-41(31-13-17-63-18-14-31)45(57)55-37-21-33(37)23-39(55)43-49-25-35(51-43)29-9-5-27(6-10-29)3-4-28-7-11-30(12-8-28)36-26-50-44(52-36)40-24-34-22-38(34)56(40)46(58)42(54-48(60)62-2)32-15-19-64-20-16-32/h5-12,25-26,31-34,37-42H,13-24H2,1-2H3,(H,49,51)(H,50,52)(H,53,59)(H,54,60)/t33-,34-,37-,38-,39+,40+,41+,42+/m1/s1. The summed E-state index contributed by atoms with van der Waals surface area (Å²) in [5.74, 6) is 8.70. The fraction of sp³-hybridized carbons (Fsp3) is 0.500. The number of carbonyl (C=O) groups is 4. The number of methoxy groups -OCH3 is 2. The van der Waals surface area contributed by atoms with E-state index in [1.54, 1.807) is 0 Å². The number of ether oxygens (including phenoxy) is 4. The Hall–Kier alpha value is -6.18. The number of aromatic nitrogens is 4. The van der Waals surface area contributed by atoms with E-state index in [0.29, 0.717) is 63.9 Å². The molecule has 4 aliphatic heterocycles. The average Bonchev–Trinajstić information content (AvgIpc) is 3.92. The highest BCUT2D eigenvalue weighted by Gasteiger charge is 2.58. The van der Waals surface area contributed by atoms with Crippen molar-refractivity contribution < 1.29 is 38.1 Å². The Morgan fingerprint density at radius 2 is 1.02 bits per heavy atom. The number of nitrogens with zero attached hydrogens (tertiary/aromatic N) is 4. The third-order valence-electron chi connectivity index (χ3n) is 14.2. The van der Waals surface area contributed by atoms with Crippen molar-refractivity contribution in [2.45, 2.75) is 87.6 Å². The van der Waals surface area contributed by atoms with Crippen LogP contribution in [0.5, 0.6) is 0 Å². The van der Waals surface area contributed by atoms with Crippen LogP contribution in [0.15, 0.2) is 60.9 Å². The molecule has 4 aromatic rings. The van der Waals surface area contributed by atoms with Crippen molar-refractivity contribution >= 4 is 24.0 Å². The summed E-state index contributed by atoms with van der Waals surface area (Å²) in [5.41, 5.74) is 5.36. The van der Waals surface area contributed by atoms with Gasteiger partial charge in [-0.1, -0.05) is 36.1 Å². The van der Waals surface area contributed by atoms with Gasteiger partial charge < -0.3 is 49.3 Å². The number of carbonyl (C=O) groups excluding carboxylic acids is 4. The third kappa shape index (κ3) is 8.46. The molecular weight excluding hydrogens is 817 g/mol. The van der Waals surface area contributed by atoms with E-state index in [1.165, 1.54) is 14.2 Å². The van der Waals surface area contributed by atoms with Crippen LogP contribution in [-0.2, 0) is 28.5 Å². The molecule has 16 nitrogen and oxygen atoms in total. The zero-order chi connectivity index (χ0) is 43.9. The lowest BCUT2D eigenvalue weighted by molar-refractivity contribution is -0.138. The van der Waals surface area contributed by atoms with Crippen LogP contribution in [0.3, 0.4) is 0 Å². The minimum absolute atomic E-state index is 0.0235. The molecule has 0 unspecified atom stereocenters. The van der Waals surface area contributed by atoms with Crippen LogP contribution in [0, 0.1) is 35.5 Å². The smallest absolute Gasteiger partial charge is 0.407 e. The lowest BCUT2D eigenvalue weighted by Gasteiger charge is -2.35. The van der Waals surface area contributed by atoms with Gasteiger partial charge in [-0.25, -0.2) is 19.6 Å². The first-order valence-electron chi connectivity index (χ1n) is 22.6. The fourth-order valence-corrected chi connectivity index (χ4v) is 10.5. The summed E-state index contributed by atoms with van der Waals surface area (Å²) in [4.78, 5) is 73.4. The van der Waals surface area contributed by atoms with Crippen molar-refractivity contribution in [1.82, 2.24) is 40.4 Å². The predicted octanol–water partition coefficient (Wildman–Crippen LogP) is 5.49. The molecule has 2 aromatic heterocycles. The maximum Gasteiger partial charge on any atom is 0.407 e. The van der Waals surface area contributed by atoms with Gasteiger partial charge in [-0.2, -0.15) is 0 Å². The Bertz CT molecular complexity index is 2260. The summed E-state index contributed by atoms with van der Waals surface area (Å²) in [6, 6.07) is 14.5. The molecule has 6 heterocycles. The summed E-state index contributed by atoms with van der Waals surface area (Å²) < 4.78 is 20.9. The number of piperidine rings is 2. The van der Waals surface area contributed by atoms with Crippen molar-refractivity contribution in [3.63, 3.8) is 0 Å². The first-order valence-corrected chi connectivity index (χ1v) is 22.6. The Balaban J connectivity index is 0.780. The van der Waals surface area contributed by atoms with Gasteiger partial charge in [0.15, 0.2) is 0 Å². The minimum atomic E-state index is -0.677. The van der Waals surface area contributed by atoms with Crippen LogP contribution >= 0.6 is 0 Å². The van der Waals surface area contributed by atoms with E-state index in [0.717, 1.165) is 71.0 Å². The molecule has 4 amide bonds. The van der Waals surface area contributed by atoms with E-state index in [-0.39, 0.29) is 47.8 Å². The summed E-state index contributed by atoms with van der Waals surface area (Å²) in [7, 11) is 2.63. The number of hydrogen-bond acceptors (Lipinski definition) is 10. The van der Waals surface area contributed by atoms with Gasteiger partial charge in [0, 0.05) is 49.6 Å². The molecule has 4 N–H and O–H groups in total. The van der Waals surface area contributed by atoms with Crippen molar-refractivity contribution in [3.8, 4) is 34.4 Å². The number of H-pyrrole nitrogens is 2. The van der Waals surface area contributed by atoms with Crippen molar-refractivity contribution in [3.05, 3.63) is 83.7 Å². The number of amides is 4. The first-order chi connectivity index (χ1) is 31.3. The number of benzene rings is 2. The maximum absolute atomic E-state index is 14.2. The van der Waals surface area contributed by atoms with Gasteiger partial charge in [-0.15, -0.1) is 0 Å². The topological polar surface area (TPSA) is 193 Å². The van der Waals surface area contributed by atoms with Crippen LogP contribution in [0.2, 0.25) is 0 Å². The summed E-state index contributed by atoms with van der Waals surface area (Å²) in [6.07, 6.45) is 8.82. The Morgan fingerprint density at radius 3 is 1.39 bits per heavy atom. The second kappa shape index (κ2) is 17.8. The molecule has 16 heteroatoms. The molecule has 334 valence electrons. The van der Waals surface area contributed by atoms with Crippen molar-refractivity contribution in [2.75, 3.05) is 40.6 Å². The van der Waals surface area contributed by atoms with Gasteiger partial charge in [0.25, 0.3) is 0 Å². The van der Waals surface area contributed by atoms with E-state index in [1.807, 2.05) is 70.7 Å². The van der Waals surface area contributed by atoms with Crippen LogP contribution < -0.4 is 10.6 Å². The number of alkyl carbamates (subject to hydrolysis) is 2. The third-order valence-corrected chi connectivity index (χ3v) is 14.2. The van der Waals surface area contributed by atoms with Crippen LogP contribution in [0.25, 0.3) is 22.5 Å². The maximum atomic E-state index is 14.2. The zero-order valence-corrected chi connectivity index (χ0v) is 36.1. The highest BCUT2D eigenvalue weighted by atomic mass is 16.5. The molecule has 0 radical (unpaired) electrons. The molecule has 4 saturated heterocycles. The number of likely N-dealkylation sites (tertiary alicyclic amines) is 2. The predicted molar refractivity (Wildman–Crippen MR) is 232 cm³/mol. The van der Waals surface area contributed by atoms with Gasteiger partial charge in [-0.3, -0.25) is 9.59 Å². The van der Waals surface area contributed by atoms with Gasteiger partial charge in [0.05, 0.1) is 50.1 Å². The molecule has 2 aromatic carbocycles. The lowest BCUT2D eigenvalue weighted by atomic mass is 9.90. The van der Waals surface area contributed by atoms with Gasteiger partial charge in [0.2, 0.25) is 11.8 Å². The number of nitrogens with one attached hydrogen (secondary N) is 4. The molecule has 2 saturated carbocycles. The lowest BCUT2D eigenvalue weighted by Crippen LogP contribution is -2.54. The zero-order valence-electron chi connectivity index (χ0n) is 36.1. The second-order valence-corrected chi connectivity index (χ2v) is 18.0. The summed E-state index contributed by atoms with van der Waals surface area (Å²) >= 11 is 0. The number of hydrogen-bond donors (Lipinski definition) is 4. The van der Waals surface area contributed by atoms with Crippen LogP contribution in [0.4, 0.5) is 9.59 Å². The minimum Gasteiger partial charge on any atom is -0.453 e. The van der Waals surface area contributed by atoms with E-state index in [9.17, 15) is 19.2 Å². The molecule has 6 fully saturated rings. The SMILES string of the molecule is COC(=O)N[C@H](C(=O)N1[C@@H]2C[C@@H]2C[C@H]1c1ncc(-c2ccc(C#Cc3ccc(-c4cnc([C@@H]5C[C@H]6C[C@H]6N5C(=O)[C@@H](NC(=O)OC)C5CCOCC5)[nH]4)cc3)cc2)[nH]1)C1CCOCC1. The number of imidazole rings is 2. The largest absolute Gasteiger partial charge is 0.453 e. The molecule has 8 atom stereocenters. The summed E-state index contributed by atoms with van der Waals surface area (Å²) in [6.45, 7) is 2.25. The Labute approximate surface area is 371 Å². The molecule has 0 bridgehead atoms. The number of aromatic amines is 2. The molecule has 10 rings (SSSR count). The second-order valence-electron chi connectivity index (χ2n) is 18.0. The molecule has 0 spiro atoms. The van der Waals surface area contributed by atoms with Crippen LogP contribution in [0.1, 0.15) is 86.2 Å². The Morgan fingerprint density at radius 1 is 0.625 bits per heavy atom. The van der Waals surface area contributed by atoms with Gasteiger partial charge in [0.1, 0.15) is 23.7 Å². The normalized spacial score (nSPS) is 25.8. The van der Waals surface area contributed by atoms with Gasteiger partial charge >= 0.3 is 12.2 Å². The quantitative estimate of drug-likeness (QED) is 0.148. The van der Waals surface area contributed by atoms with Crippen molar-refractivity contribution in [1.29, 1.82) is 0 Å². The number of rotatable bonds is 10. The highest BCUT2D eigenvalue weighted by molar-refractivity contribution is 5.88. The van der Waals surface area contributed by atoms with E-state index in [2.05, 4.69) is 32.4 Å². The first kappa shape index (κ1) is 41.8. The van der Waals surface area contributed by atoms with E-state index >= 15 is 0 Å². The summed E-state index contributed by atoms with van der Waals surface area (Å²) in [5, 5.41) is 5.69. The Kier molecular flexibility index (Phi) is 11.6. The van der Waals surface area contributed by atoms with Crippen LogP contribution in [-0.4, -0.2) is 119 Å². The fourth-order valence-electron chi connectivity index (χ4n) is 10.5. The van der Waals surface area contributed by atoms with Gasteiger partial charge in [-0.05, 0) is 110 Å². The molecule has 6 aliphatic rings. The van der Waals surface area contributed by atoms with E-state index in [4.69, 9.17) is 28.9 Å². The van der Waals surface area contributed by atoms with E-state index < -0.39 is 24.3 Å². The monoisotopic (exact) mass is 870 g/mol.